The second-order valence-corrected chi connectivity index (χ2v) is 9.21. The van der Waals surface area contributed by atoms with Crippen molar-refractivity contribution in [1.29, 1.82) is 0 Å². The molecule has 1 aliphatic heterocycles. The Morgan fingerprint density at radius 2 is 1.81 bits per heavy atom. The van der Waals surface area contributed by atoms with Gasteiger partial charge in [0.1, 0.15) is 11.3 Å². The Hall–Kier alpha value is -2.31. The zero-order valence-electron chi connectivity index (χ0n) is 16.0. The van der Waals surface area contributed by atoms with Crippen LogP contribution < -0.4 is 4.72 Å². The first-order valence-electron chi connectivity index (χ1n) is 9.12. The predicted molar refractivity (Wildman–Crippen MR) is 108 cm³/mol. The smallest absolute Gasteiger partial charge is 0.261 e. The summed E-state index contributed by atoms with van der Waals surface area (Å²) in [7, 11) is -1.53. The minimum Gasteiger partial charge on any atom is -0.460 e. The van der Waals surface area contributed by atoms with Crippen LogP contribution in [-0.4, -0.2) is 26.9 Å². The maximum absolute atomic E-state index is 12.7. The molecule has 0 amide bonds. The van der Waals surface area contributed by atoms with E-state index in [9.17, 15) is 8.42 Å². The molecule has 0 spiro atoms. The van der Waals surface area contributed by atoms with E-state index in [1.54, 1.807) is 30.3 Å². The summed E-state index contributed by atoms with van der Waals surface area (Å²) in [5.74, 6) is 1.32. The highest BCUT2D eigenvalue weighted by Crippen LogP contribution is 2.42. The van der Waals surface area contributed by atoms with Crippen LogP contribution in [0.25, 0.3) is 11.0 Å². The zero-order chi connectivity index (χ0) is 19.3. The van der Waals surface area contributed by atoms with E-state index < -0.39 is 10.0 Å². The maximum Gasteiger partial charge on any atom is 0.261 e. The summed E-state index contributed by atoms with van der Waals surface area (Å²) >= 11 is 0. The molecule has 0 radical (unpaired) electrons. The van der Waals surface area contributed by atoms with E-state index in [1.165, 1.54) is 0 Å². The Labute approximate surface area is 160 Å². The van der Waals surface area contributed by atoms with E-state index in [1.807, 2.05) is 19.1 Å². The van der Waals surface area contributed by atoms with Gasteiger partial charge in [0, 0.05) is 35.1 Å². The van der Waals surface area contributed by atoms with Gasteiger partial charge in [-0.1, -0.05) is 24.6 Å². The van der Waals surface area contributed by atoms with Gasteiger partial charge in [0.05, 0.1) is 4.90 Å². The van der Waals surface area contributed by atoms with Crippen molar-refractivity contribution in [2.24, 2.45) is 0 Å². The second kappa shape index (κ2) is 6.39. The van der Waals surface area contributed by atoms with Crippen molar-refractivity contribution in [3.8, 4) is 0 Å². The van der Waals surface area contributed by atoms with Crippen LogP contribution in [0.5, 0.6) is 0 Å². The molecule has 27 heavy (non-hydrogen) atoms. The quantitative estimate of drug-likeness (QED) is 0.714. The molecule has 2 atom stereocenters. The fourth-order valence-corrected chi connectivity index (χ4v) is 4.87. The Kier molecular flexibility index (Phi) is 4.28. The van der Waals surface area contributed by atoms with Crippen molar-refractivity contribution < 1.29 is 12.8 Å². The molecule has 1 aliphatic rings. The molecular weight excluding hydrogens is 360 g/mol. The molecule has 3 aromatic rings. The number of benzene rings is 2. The van der Waals surface area contributed by atoms with Gasteiger partial charge in [-0.25, -0.2) is 8.42 Å². The lowest BCUT2D eigenvalue weighted by molar-refractivity contribution is 0.215. The van der Waals surface area contributed by atoms with Crippen LogP contribution >= 0.6 is 0 Å². The first-order chi connectivity index (χ1) is 12.8. The summed E-state index contributed by atoms with van der Waals surface area (Å²) in [5, 5.41) is 0.972. The van der Waals surface area contributed by atoms with E-state index in [-0.39, 0.29) is 10.9 Å². The first kappa shape index (κ1) is 18.1. The topological polar surface area (TPSA) is 62.6 Å². The van der Waals surface area contributed by atoms with Gasteiger partial charge in [0.15, 0.2) is 0 Å². The average molecular weight is 385 g/mol. The summed E-state index contributed by atoms with van der Waals surface area (Å²) in [6.45, 7) is 7.19. The SMILES string of the molecule is Cc1ccc(S(=O)(=O)Nc2ccc3oc4c(c3c2)C(C)N(C)CC4C)cc1. The molecule has 0 fully saturated rings. The van der Waals surface area contributed by atoms with Gasteiger partial charge in [-0.05, 0) is 51.2 Å². The molecule has 6 heteroatoms. The van der Waals surface area contributed by atoms with Crippen LogP contribution in [0.15, 0.2) is 51.8 Å². The Bertz CT molecular complexity index is 1100. The van der Waals surface area contributed by atoms with Crippen molar-refractivity contribution in [3.05, 3.63) is 59.4 Å². The predicted octanol–water partition coefficient (Wildman–Crippen LogP) is 4.65. The molecule has 0 bridgehead atoms. The van der Waals surface area contributed by atoms with E-state index in [0.717, 1.165) is 34.4 Å². The molecule has 2 aromatic carbocycles. The molecule has 5 nitrogen and oxygen atoms in total. The summed E-state index contributed by atoms with van der Waals surface area (Å²) in [6, 6.07) is 12.5. The number of hydrogen-bond donors (Lipinski definition) is 1. The lowest BCUT2D eigenvalue weighted by atomic mass is 9.92. The highest BCUT2D eigenvalue weighted by Gasteiger charge is 2.31. The van der Waals surface area contributed by atoms with Crippen LogP contribution in [0.3, 0.4) is 0 Å². The molecule has 0 saturated carbocycles. The zero-order valence-corrected chi connectivity index (χ0v) is 16.8. The lowest BCUT2D eigenvalue weighted by Gasteiger charge is -2.33. The number of sulfonamides is 1. The third-order valence-electron chi connectivity index (χ3n) is 5.43. The van der Waals surface area contributed by atoms with Crippen LogP contribution in [0.1, 0.15) is 42.7 Å². The summed E-state index contributed by atoms with van der Waals surface area (Å²) in [6.07, 6.45) is 0. The standard InChI is InChI=1S/C21H24N2O3S/c1-13-5-8-17(9-6-13)27(24,25)22-16-7-10-19-18(11-16)20-15(3)23(4)12-14(2)21(20)26-19/h5-11,14-15,22H,12H2,1-4H3. The fourth-order valence-electron chi connectivity index (χ4n) is 3.82. The minimum atomic E-state index is -3.63. The highest BCUT2D eigenvalue weighted by molar-refractivity contribution is 7.92. The molecule has 2 unspecified atom stereocenters. The van der Waals surface area contributed by atoms with Gasteiger partial charge in [-0.15, -0.1) is 0 Å². The third-order valence-corrected chi connectivity index (χ3v) is 6.82. The molecule has 4 rings (SSSR count). The van der Waals surface area contributed by atoms with E-state index in [0.29, 0.717) is 11.6 Å². The summed E-state index contributed by atoms with van der Waals surface area (Å²) in [4.78, 5) is 2.55. The van der Waals surface area contributed by atoms with Gasteiger partial charge in [-0.3, -0.25) is 9.62 Å². The molecule has 2 heterocycles. The van der Waals surface area contributed by atoms with Crippen molar-refractivity contribution in [2.45, 2.75) is 37.6 Å². The lowest BCUT2D eigenvalue weighted by Crippen LogP contribution is -2.31. The van der Waals surface area contributed by atoms with Crippen LogP contribution in [0.2, 0.25) is 0 Å². The highest BCUT2D eigenvalue weighted by atomic mass is 32.2. The van der Waals surface area contributed by atoms with Crippen LogP contribution in [-0.2, 0) is 10.0 Å². The third kappa shape index (κ3) is 3.13. The number of furan rings is 1. The molecule has 0 saturated heterocycles. The molecular formula is C21H24N2O3S. The van der Waals surface area contributed by atoms with Crippen molar-refractivity contribution in [3.63, 3.8) is 0 Å². The number of nitrogens with one attached hydrogen (secondary N) is 1. The largest absolute Gasteiger partial charge is 0.460 e. The van der Waals surface area contributed by atoms with Crippen molar-refractivity contribution in [2.75, 3.05) is 18.3 Å². The molecule has 142 valence electrons. The van der Waals surface area contributed by atoms with Crippen LogP contribution in [0.4, 0.5) is 5.69 Å². The van der Waals surface area contributed by atoms with E-state index in [4.69, 9.17) is 4.42 Å². The van der Waals surface area contributed by atoms with Gasteiger partial charge in [0.2, 0.25) is 0 Å². The average Bonchev–Trinajstić information content (AvgIpc) is 2.99. The summed E-state index contributed by atoms with van der Waals surface area (Å²) in [5.41, 5.74) is 3.52. The minimum absolute atomic E-state index is 0.224. The van der Waals surface area contributed by atoms with Gasteiger partial charge >= 0.3 is 0 Å². The van der Waals surface area contributed by atoms with E-state index >= 15 is 0 Å². The Morgan fingerprint density at radius 3 is 2.52 bits per heavy atom. The first-order valence-corrected chi connectivity index (χ1v) is 10.6. The molecule has 0 aliphatic carbocycles. The van der Waals surface area contributed by atoms with Crippen molar-refractivity contribution >= 4 is 26.7 Å². The summed E-state index contributed by atoms with van der Waals surface area (Å²) < 4.78 is 34.2. The number of hydrogen-bond acceptors (Lipinski definition) is 4. The maximum atomic E-state index is 12.7. The fraction of sp³-hybridized carbons (Fsp3) is 0.333. The van der Waals surface area contributed by atoms with Gasteiger partial charge in [0.25, 0.3) is 10.0 Å². The number of nitrogens with zero attached hydrogens (tertiary/aromatic N) is 1. The molecule has 1 N–H and O–H groups in total. The number of aryl methyl sites for hydroxylation is 1. The van der Waals surface area contributed by atoms with Crippen LogP contribution in [0, 0.1) is 6.92 Å². The van der Waals surface area contributed by atoms with Gasteiger partial charge < -0.3 is 4.42 Å². The monoisotopic (exact) mass is 384 g/mol. The number of fused-ring (bicyclic) bond motifs is 3. The Morgan fingerprint density at radius 1 is 1.11 bits per heavy atom. The number of likely N-dealkylation sites (N-methyl/N-ethyl adjacent to an activating group) is 1. The number of rotatable bonds is 3. The normalized spacial score (nSPS) is 20.6. The number of anilines is 1. The second-order valence-electron chi connectivity index (χ2n) is 7.53. The Balaban J connectivity index is 1.75. The van der Waals surface area contributed by atoms with Gasteiger partial charge in [-0.2, -0.15) is 0 Å². The molecule has 1 aromatic heterocycles. The van der Waals surface area contributed by atoms with E-state index in [2.05, 4.69) is 30.5 Å². The van der Waals surface area contributed by atoms with Crippen molar-refractivity contribution in [1.82, 2.24) is 4.90 Å².